The van der Waals surface area contributed by atoms with Gasteiger partial charge in [-0.25, -0.2) is 9.78 Å². The zero-order chi connectivity index (χ0) is 12.4. The van der Waals surface area contributed by atoms with Gasteiger partial charge in [-0.3, -0.25) is 10.1 Å². The fourth-order valence-electron chi connectivity index (χ4n) is 1.26. The predicted octanol–water partition coefficient (Wildman–Crippen LogP) is 2.42. The first kappa shape index (κ1) is 11.2. The maximum Gasteiger partial charge on any atom is 0.347 e. The molecule has 17 heavy (non-hydrogen) atoms. The average Bonchev–Trinajstić information content (AvgIpc) is 2.78. The smallest absolute Gasteiger partial charge is 0.347 e. The number of aromatic nitrogens is 1. The third kappa shape index (κ3) is 2.28. The lowest BCUT2D eigenvalue weighted by Gasteiger charge is -1.95. The van der Waals surface area contributed by atoms with Crippen LogP contribution >= 0.6 is 11.3 Å². The molecule has 0 atom stereocenters. The lowest BCUT2D eigenvalue weighted by Crippen LogP contribution is -1.89. The van der Waals surface area contributed by atoms with Gasteiger partial charge in [0.25, 0.3) is 5.69 Å². The minimum atomic E-state index is -1.06. The summed E-state index contributed by atoms with van der Waals surface area (Å²) in [4.78, 5) is 24.8. The van der Waals surface area contributed by atoms with Crippen LogP contribution in [0.15, 0.2) is 30.5 Å². The van der Waals surface area contributed by atoms with Gasteiger partial charge >= 0.3 is 5.97 Å². The van der Waals surface area contributed by atoms with Crippen LogP contribution in [0.25, 0.3) is 10.6 Å². The van der Waals surface area contributed by atoms with Crippen molar-refractivity contribution >= 4 is 23.0 Å². The van der Waals surface area contributed by atoms with Crippen LogP contribution in [0.1, 0.15) is 9.67 Å². The molecule has 2 aromatic rings. The first-order valence-electron chi connectivity index (χ1n) is 4.52. The lowest BCUT2D eigenvalue weighted by molar-refractivity contribution is -0.384. The zero-order valence-electron chi connectivity index (χ0n) is 8.36. The Bertz CT molecular complexity index is 593. The van der Waals surface area contributed by atoms with Crippen molar-refractivity contribution in [3.8, 4) is 10.6 Å². The number of carboxylic acid groups (broad SMARTS) is 1. The number of hydrogen-bond acceptors (Lipinski definition) is 5. The number of non-ortho nitro benzene ring substituents is 1. The van der Waals surface area contributed by atoms with E-state index >= 15 is 0 Å². The molecule has 1 aromatic heterocycles. The van der Waals surface area contributed by atoms with E-state index in [2.05, 4.69) is 4.98 Å². The zero-order valence-corrected chi connectivity index (χ0v) is 9.18. The monoisotopic (exact) mass is 250 g/mol. The molecule has 86 valence electrons. The Kier molecular flexibility index (Phi) is 2.84. The molecule has 0 fully saturated rings. The number of thiazole rings is 1. The standard InChI is InChI=1S/C10H6N2O4S/c13-10(14)8-5-11-9(17-8)6-2-1-3-7(4-6)12(15)16/h1-5H,(H,13,14). The molecule has 0 saturated carbocycles. The van der Waals surface area contributed by atoms with E-state index in [0.29, 0.717) is 10.6 Å². The number of hydrogen-bond donors (Lipinski definition) is 1. The predicted molar refractivity (Wildman–Crippen MR) is 61.2 cm³/mol. The summed E-state index contributed by atoms with van der Waals surface area (Å²) < 4.78 is 0. The second-order valence-electron chi connectivity index (χ2n) is 3.14. The third-order valence-corrected chi connectivity index (χ3v) is 3.05. The number of nitro groups is 1. The van der Waals surface area contributed by atoms with E-state index < -0.39 is 10.9 Å². The molecule has 0 aliphatic carbocycles. The number of benzene rings is 1. The Morgan fingerprint density at radius 2 is 2.24 bits per heavy atom. The summed E-state index contributed by atoms with van der Waals surface area (Å²) in [6.07, 6.45) is 1.24. The van der Waals surface area contributed by atoms with Crippen LogP contribution in [0.3, 0.4) is 0 Å². The van der Waals surface area contributed by atoms with E-state index in [0.717, 1.165) is 11.3 Å². The van der Waals surface area contributed by atoms with Gasteiger partial charge in [-0.1, -0.05) is 12.1 Å². The molecular weight excluding hydrogens is 244 g/mol. The number of nitro benzene ring substituents is 1. The van der Waals surface area contributed by atoms with E-state index in [4.69, 9.17) is 5.11 Å². The van der Waals surface area contributed by atoms with Crippen LogP contribution in [0.5, 0.6) is 0 Å². The Hall–Kier alpha value is -2.28. The van der Waals surface area contributed by atoms with E-state index in [1.54, 1.807) is 6.07 Å². The summed E-state index contributed by atoms with van der Waals surface area (Å²) in [7, 11) is 0. The molecule has 6 nitrogen and oxygen atoms in total. The molecule has 1 N–H and O–H groups in total. The molecule has 2 rings (SSSR count). The lowest BCUT2D eigenvalue weighted by atomic mass is 10.2. The van der Waals surface area contributed by atoms with E-state index in [-0.39, 0.29) is 10.6 Å². The first-order chi connectivity index (χ1) is 8.08. The van der Waals surface area contributed by atoms with Crippen LogP contribution in [0.4, 0.5) is 5.69 Å². The van der Waals surface area contributed by atoms with Crippen molar-refractivity contribution in [2.75, 3.05) is 0 Å². The van der Waals surface area contributed by atoms with Gasteiger partial charge in [0.05, 0.1) is 11.1 Å². The quantitative estimate of drug-likeness (QED) is 0.666. The normalized spacial score (nSPS) is 10.1. The van der Waals surface area contributed by atoms with Crippen molar-refractivity contribution in [1.82, 2.24) is 4.98 Å². The topological polar surface area (TPSA) is 93.3 Å². The van der Waals surface area contributed by atoms with Gasteiger partial charge in [0.1, 0.15) is 9.88 Å². The molecule has 0 saturated heterocycles. The number of carbonyl (C=O) groups is 1. The average molecular weight is 250 g/mol. The van der Waals surface area contributed by atoms with Crippen LogP contribution in [-0.2, 0) is 0 Å². The van der Waals surface area contributed by atoms with Gasteiger partial charge in [-0.05, 0) is 0 Å². The van der Waals surface area contributed by atoms with Crippen molar-refractivity contribution in [3.05, 3.63) is 45.5 Å². The van der Waals surface area contributed by atoms with Crippen LogP contribution in [0.2, 0.25) is 0 Å². The molecular formula is C10H6N2O4S. The molecule has 0 amide bonds. The third-order valence-electron chi connectivity index (χ3n) is 2.02. The summed E-state index contributed by atoms with van der Waals surface area (Å²) in [6, 6.07) is 5.92. The first-order valence-corrected chi connectivity index (χ1v) is 5.33. The molecule has 0 spiro atoms. The number of aromatic carboxylic acids is 1. The minimum Gasteiger partial charge on any atom is -0.477 e. The van der Waals surface area contributed by atoms with E-state index in [1.165, 1.54) is 24.4 Å². The fraction of sp³-hybridized carbons (Fsp3) is 0. The Morgan fingerprint density at radius 1 is 1.47 bits per heavy atom. The van der Waals surface area contributed by atoms with Gasteiger partial charge in [-0.15, -0.1) is 11.3 Å². The number of rotatable bonds is 3. The molecule has 0 radical (unpaired) electrons. The van der Waals surface area contributed by atoms with Gasteiger partial charge in [0.15, 0.2) is 0 Å². The number of carboxylic acids is 1. The molecule has 0 bridgehead atoms. The number of nitrogens with zero attached hydrogens (tertiary/aromatic N) is 2. The largest absolute Gasteiger partial charge is 0.477 e. The molecule has 0 aliphatic rings. The molecule has 0 unspecified atom stereocenters. The highest BCUT2D eigenvalue weighted by Gasteiger charge is 2.12. The summed E-state index contributed by atoms with van der Waals surface area (Å²) in [5.74, 6) is -1.06. The fourth-order valence-corrected chi connectivity index (χ4v) is 2.01. The Labute approximate surface area is 99.3 Å². The molecule has 1 aromatic carbocycles. The highest BCUT2D eigenvalue weighted by Crippen LogP contribution is 2.27. The van der Waals surface area contributed by atoms with Crippen molar-refractivity contribution in [2.24, 2.45) is 0 Å². The molecule has 0 aliphatic heterocycles. The van der Waals surface area contributed by atoms with E-state index in [1.807, 2.05) is 0 Å². The van der Waals surface area contributed by atoms with Crippen LogP contribution < -0.4 is 0 Å². The summed E-state index contributed by atoms with van der Waals surface area (Å²) in [5, 5.41) is 19.8. The van der Waals surface area contributed by atoms with Crippen LogP contribution in [0, 0.1) is 10.1 Å². The van der Waals surface area contributed by atoms with Crippen molar-refractivity contribution in [1.29, 1.82) is 0 Å². The minimum absolute atomic E-state index is 0.0467. The van der Waals surface area contributed by atoms with Gasteiger partial charge in [-0.2, -0.15) is 0 Å². The van der Waals surface area contributed by atoms with Crippen molar-refractivity contribution < 1.29 is 14.8 Å². The van der Waals surface area contributed by atoms with Gasteiger partial charge < -0.3 is 5.11 Å². The van der Waals surface area contributed by atoms with E-state index in [9.17, 15) is 14.9 Å². The summed E-state index contributed by atoms with van der Waals surface area (Å²) in [5.41, 5.74) is 0.492. The second-order valence-corrected chi connectivity index (χ2v) is 4.17. The highest BCUT2D eigenvalue weighted by atomic mass is 32.1. The van der Waals surface area contributed by atoms with Crippen LogP contribution in [-0.4, -0.2) is 21.0 Å². The summed E-state index contributed by atoms with van der Waals surface area (Å²) >= 11 is 0.981. The summed E-state index contributed by atoms with van der Waals surface area (Å²) in [6.45, 7) is 0. The highest BCUT2D eigenvalue weighted by molar-refractivity contribution is 7.16. The SMILES string of the molecule is O=C(O)c1cnc(-c2cccc([N+](=O)[O-])c2)s1. The maximum atomic E-state index is 10.7. The Balaban J connectivity index is 2.42. The Morgan fingerprint density at radius 3 is 2.82 bits per heavy atom. The van der Waals surface area contributed by atoms with Gasteiger partial charge in [0.2, 0.25) is 0 Å². The van der Waals surface area contributed by atoms with Gasteiger partial charge in [0, 0.05) is 17.7 Å². The molecule has 1 heterocycles. The maximum absolute atomic E-state index is 10.7. The molecule has 7 heteroatoms. The van der Waals surface area contributed by atoms with Crippen molar-refractivity contribution in [3.63, 3.8) is 0 Å². The second kappa shape index (κ2) is 4.30. The van der Waals surface area contributed by atoms with Crippen molar-refractivity contribution in [2.45, 2.75) is 0 Å².